The van der Waals surface area contributed by atoms with Crippen molar-refractivity contribution in [2.24, 2.45) is 16.7 Å². The fraction of sp³-hybridized carbons (Fsp3) is 0.846. The Labute approximate surface area is 103 Å². The molecule has 0 unspecified atom stereocenters. The molecule has 1 amide bonds. The van der Waals surface area contributed by atoms with Gasteiger partial charge in [-0.1, -0.05) is 34.6 Å². The van der Waals surface area contributed by atoms with Gasteiger partial charge in [0, 0.05) is 12.5 Å². The van der Waals surface area contributed by atoms with E-state index in [1.165, 1.54) is 4.90 Å². The van der Waals surface area contributed by atoms with Gasteiger partial charge in [-0.2, -0.15) is 0 Å². The Balaban J connectivity index is 2.77. The summed E-state index contributed by atoms with van der Waals surface area (Å²) in [6, 6.07) is 0. The van der Waals surface area contributed by atoms with Crippen molar-refractivity contribution in [1.29, 1.82) is 0 Å². The number of aliphatic carboxylic acids is 1. The van der Waals surface area contributed by atoms with Crippen molar-refractivity contribution >= 4 is 11.9 Å². The summed E-state index contributed by atoms with van der Waals surface area (Å²) in [7, 11) is 0. The van der Waals surface area contributed by atoms with Gasteiger partial charge in [-0.05, 0) is 17.3 Å². The SMILES string of the molecule is CCCN(CC(=O)O)C(=O)C1C(C)(C)C1(C)C. The van der Waals surface area contributed by atoms with Gasteiger partial charge in [-0.25, -0.2) is 0 Å². The van der Waals surface area contributed by atoms with Crippen LogP contribution < -0.4 is 0 Å². The minimum Gasteiger partial charge on any atom is -0.480 e. The van der Waals surface area contributed by atoms with Crippen LogP contribution in [0.4, 0.5) is 0 Å². The number of amides is 1. The van der Waals surface area contributed by atoms with Crippen LogP contribution in [0.5, 0.6) is 0 Å². The maximum atomic E-state index is 12.3. The summed E-state index contributed by atoms with van der Waals surface area (Å²) in [6.45, 7) is 10.6. The van der Waals surface area contributed by atoms with Gasteiger partial charge in [-0.3, -0.25) is 9.59 Å². The lowest BCUT2D eigenvalue weighted by Crippen LogP contribution is -2.38. The normalized spacial score (nSPS) is 21.0. The van der Waals surface area contributed by atoms with Crippen LogP contribution in [0.1, 0.15) is 41.0 Å². The third-order valence-corrected chi connectivity index (χ3v) is 4.40. The monoisotopic (exact) mass is 241 g/mol. The van der Waals surface area contributed by atoms with Crippen molar-refractivity contribution in [3.8, 4) is 0 Å². The van der Waals surface area contributed by atoms with E-state index in [2.05, 4.69) is 27.7 Å². The van der Waals surface area contributed by atoms with Crippen LogP contribution in [0.25, 0.3) is 0 Å². The number of carboxylic acid groups (broad SMARTS) is 1. The lowest BCUT2D eigenvalue weighted by molar-refractivity contribution is -0.145. The first kappa shape index (κ1) is 14.0. The highest BCUT2D eigenvalue weighted by Gasteiger charge is 2.68. The molecule has 0 spiro atoms. The van der Waals surface area contributed by atoms with Gasteiger partial charge in [0.2, 0.25) is 5.91 Å². The standard InChI is InChI=1S/C13H23NO3/c1-6-7-14(8-9(15)16)11(17)10-12(2,3)13(10,4)5/h10H,6-8H2,1-5H3,(H,15,16). The fourth-order valence-electron chi connectivity index (χ4n) is 2.70. The van der Waals surface area contributed by atoms with Crippen molar-refractivity contribution in [3.05, 3.63) is 0 Å². The van der Waals surface area contributed by atoms with E-state index in [0.29, 0.717) is 6.54 Å². The van der Waals surface area contributed by atoms with E-state index in [-0.39, 0.29) is 29.2 Å². The highest BCUT2D eigenvalue weighted by molar-refractivity contribution is 5.87. The predicted octanol–water partition coefficient (Wildman–Crippen LogP) is 1.99. The summed E-state index contributed by atoms with van der Waals surface area (Å²) in [4.78, 5) is 24.6. The summed E-state index contributed by atoms with van der Waals surface area (Å²) in [6.07, 6.45) is 0.784. The Morgan fingerprint density at radius 2 is 1.65 bits per heavy atom. The minimum atomic E-state index is -0.942. The van der Waals surface area contributed by atoms with Crippen LogP contribution in [0, 0.1) is 16.7 Å². The Bertz CT molecular complexity index is 320. The summed E-state index contributed by atoms with van der Waals surface area (Å²) >= 11 is 0. The van der Waals surface area contributed by atoms with E-state index < -0.39 is 5.97 Å². The molecule has 4 heteroatoms. The molecular weight excluding hydrogens is 218 g/mol. The third-order valence-electron chi connectivity index (χ3n) is 4.40. The van der Waals surface area contributed by atoms with E-state index in [4.69, 9.17) is 5.11 Å². The number of carbonyl (C=O) groups is 2. The average molecular weight is 241 g/mol. The maximum absolute atomic E-state index is 12.3. The molecule has 17 heavy (non-hydrogen) atoms. The molecule has 0 radical (unpaired) electrons. The van der Waals surface area contributed by atoms with E-state index in [1.807, 2.05) is 6.92 Å². The molecule has 0 heterocycles. The summed E-state index contributed by atoms with van der Waals surface area (Å²) in [5, 5.41) is 8.83. The summed E-state index contributed by atoms with van der Waals surface area (Å²) < 4.78 is 0. The van der Waals surface area contributed by atoms with Crippen molar-refractivity contribution in [3.63, 3.8) is 0 Å². The molecule has 1 saturated carbocycles. The number of carboxylic acids is 1. The average Bonchev–Trinajstić information content (AvgIpc) is 2.55. The van der Waals surface area contributed by atoms with E-state index >= 15 is 0 Å². The first-order chi connectivity index (χ1) is 7.66. The molecule has 4 nitrogen and oxygen atoms in total. The summed E-state index contributed by atoms with van der Waals surface area (Å²) in [5.74, 6) is -1.01. The molecule has 1 aliphatic rings. The Kier molecular flexibility index (Phi) is 3.55. The second kappa shape index (κ2) is 4.31. The molecule has 98 valence electrons. The minimum absolute atomic E-state index is 0.00995. The second-order valence-corrected chi connectivity index (χ2v) is 6.03. The van der Waals surface area contributed by atoms with Crippen LogP contribution in [-0.4, -0.2) is 35.0 Å². The van der Waals surface area contributed by atoms with Gasteiger partial charge in [-0.15, -0.1) is 0 Å². The van der Waals surface area contributed by atoms with Gasteiger partial charge >= 0.3 is 5.97 Å². The zero-order chi connectivity index (χ0) is 13.4. The van der Waals surface area contributed by atoms with Gasteiger partial charge in [0.05, 0.1) is 0 Å². The number of rotatable bonds is 5. The van der Waals surface area contributed by atoms with Gasteiger partial charge in [0.25, 0.3) is 0 Å². The van der Waals surface area contributed by atoms with Crippen LogP contribution >= 0.6 is 0 Å². The molecule has 0 aromatic heterocycles. The first-order valence-electron chi connectivity index (χ1n) is 6.16. The van der Waals surface area contributed by atoms with Crippen molar-refractivity contribution in [2.45, 2.75) is 41.0 Å². The zero-order valence-electron chi connectivity index (χ0n) is 11.4. The Hall–Kier alpha value is -1.06. The number of hydrogen-bond acceptors (Lipinski definition) is 2. The molecule has 1 aliphatic carbocycles. The van der Waals surface area contributed by atoms with Crippen molar-refractivity contribution in [2.75, 3.05) is 13.1 Å². The highest BCUT2D eigenvalue weighted by Crippen LogP contribution is 2.68. The number of hydrogen-bond donors (Lipinski definition) is 1. The maximum Gasteiger partial charge on any atom is 0.323 e. The Morgan fingerprint density at radius 3 is 1.94 bits per heavy atom. The number of nitrogens with zero attached hydrogens (tertiary/aromatic N) is 1. The molecule has 0 atom stereocenters. The first-order valence-corrected chi connectivity index (χ1v) is 6.16. The van der Waals surface area contributed by atoms with Crippen molar-refractivity contribution < 1.29 is 14.7 Å². The topological polar surface area (TPSA) is 57.6 Å². The van der Waals surface area contributed by atoms with Crippen LogP contribution in [0.15, 0.2) is 0 Å². The quantitative estimate of drug-likeness (QED) is 0.800. The molecule has 1 rings (SSSR count). The van der Waals surface area contributed by atoms with Crippen LogP contribution in [-0.2, 0) is 9.59 Å². The van der Waals surface area contributed by atoms with E-state index in [9.17, 15) is 9.59 Å². The molecule has 0 saturated heterocycles. The number of carbonyl (C=O) groups excluding carboxylic acids is 1. The lowest BCUT2D eigenvalue weighted by Gasteiger charge is -2.21. The highest BCUT2D eigenvalue weighted by atomic mass is 16.4. The lowest BCUT2D eigenvalue weighted by atomic mass is 10.0. The second-order valence-electron chi connectivity index (χ2n) is 6.03. The molecule has 0 aliphatic heterocycles. The van der Waals surface area contributed by atoms with Crippen LogP contribution in [0.3, 0.4) is 0 Å². The third kappa shape index (κ3) is 2.31. The molecule has 0 bridgehead atoms. The van der Waals surface area contributed by atoms with E-state index in [0.717, 1.165) is 6.42 Å². The molecule has 1 N–H and O–H groups in total. The zero-order valence-corrected chi connectivity index (χ0v) is 11.4. The van der Waals surface area contributed by atoms with Gasteiger partial charge in [0.15, 0.2) is 0 Å². The summed E-state index contributed by atoms with van der Waals surface area (Å²) in [5.41, 5.74) is -0.0663. The molecule has 0 aromatic carbocycles. The molecule has 1 fully saturated rings. The Morgan fingerprint density at radius 1 is 1.18 bits per heavy atom. The smallest absolute Gasteiger partial charge is 0.323 e. The predicted molar refractivity (Wildman–Crippen MR) is 65.6 cm³/mol. The van der Waals surface area contributed by atoms with Gasteiger partial charge in [0.1, 0.15) is 6.54 Å². The van der Waals surface area contributed by atoms with Crippen LogP contribution in [0.2, 0.25) is 0 Å². The largest absolute Gasteiger partial charge is 0.480 e. The van der Waals surface area contributed by atoms with Crippen molar-refractivity contribution in [1.82, 2.24) is 4.90 Å². The van der Waals surface area contributed by atoms with Gasteiger partial charge < -0.3 is 10.0 Å². The van der Waals surface area contributed by atoms with E-state index in [1.54, 1.807) is 0 Å². The fourth-order valence-corrected chi connectivity index (χ4v) is 2.70. The molecule has 0 aromatic rings. The molecular formula is C13H23NO3.